The van der Waals surface area contributed by atoms with Crippen molar-refractivity contribution in [3.63, 3.8) is 0 Å². The lowest BCUT2D eigenvalue weighted by Crippen LogP contribution is -2.32. The SMILES string of the molecule is CCOC(=O)C(N)CCSCc1ccc(F)c(F)c1. The molecule has 0 spiro atoms. The van der Waals surface area contributed by atoms with Crippen molar-refractivity contribution in [3.05, 3.63) is 35.4 Å². The second kappa shape index (κ2) is 8.12. The van der Waals surface area contributed by atoms with Crippen LogP contribution in [0.5, 0.6) is 0 Å². The first-order chi connectivity index (χ1) is 9.04. The van der Waals surface area contributed by atoms with Crippen molar-refractivity contribution in [1.29, 1.82) is 0 Å². The van der Waals surface area contributed by atoms with E-state index in [-0.39, 0.29) is 0 Å². The van der Waals surface area contributed by atoms with Crippen molar-refractivity contribution in [2.75, 3.05) is 12.4 Å². The Hall–Kier alpha value is -1.14. The normalized spacial score (nSPS) is 12.2. The molecular weight excluding hydrogens is 272 g/mol. The molecule has 2 N–H and O–H groups in total. The average molecular weight is 289 g/mol. The number of hydrogen-bond acceptors (Lipinski definition) is 4. The summed E-state index contributed by atoms with van der Waals surface area (Å²) in [5.74, 6) is -0.901. The molecule has 0 amide bonds. The van der Waals surface area contributed by atoms with Gasteiger partial charge in [-0.05, 0) is 36.8 Å². The topological polar surface area (TPSA) is 52.3 Å². The summed E-state index contributed by atoms with van der Waals surface area (Å²) in [4.78, 5) is 11.2. The summed E-state index contributed by atoms with van der Waals surface area (Å²) in [5, 5.41) is 0. The molecule has 0 saturated carbocycles. The van der Waals surface area contributed by atoms with Crippen molar-refractivity contribution in [1.82, 2.24) is 0 Å². The largest absolute Gasteiger partial charge is 0.465 e. The van der Waals surface area contributed by atoms with Crippen LogP contribution in [0.4, 0.5) is 8.78 Å². The zero-order valence-corrected chi connectivity index (χ0v) is 11.5. The van der Waals surface area contributed by atoms with Gasteiger partial charge >= 0.3 is 5.97 Å². The van der Waals surface area contributed by atoms with E-state index < -0.39 is 23.6 Å². The second-order valence-electron chi connectivity index (χ2n) is 3.95. The quantitative estimate of drug-likeness (QED) is 0.619. The number of esters is 1. The van der Waals surface area contributed by atoms with Gasteiger partial charge in [-0.25, -0.2) is 8.78 Å². The molecule has 1 unspecified atom stereocenters. The van der Waals surface area contributed by atoms with Gasteiger partial charge in [0, 0.05) is 5.75 Å². The van der Waals surface area contributed by atoms with Crippen molar-refractivity contribution in [2.24, 2.45) is 5.73 Å². The molecule has 106 valence electrons. The van der Waals surface area contributed by atoms with Gasteiger partial charge in [-0.3, -0.25) is 4.79 Å². The lowest BCUT2D eigenvalue weighted by Gasteiger charge is -2.10. The van der Waals surface area contributed by atoms with Crippen LogP contribution >= 0.6 is 11.8 Å². The lowest BCUT2D eigenvalue weighted by molar-refractivity contribution is -0.144. The van der Waals surface area contributed by atoms with Gasteiger partial charge in [-0.1, -0.05) is 6.07 Å². The lowest BCUT2D eigenvalue weighted by atomic mass is 10.2. The number of nitrogens with two attached hydrogens (primary N) is 1. The molecule has 1 atom stereocenters. The highest BCUT2D eigenvalue weighted by Gasteiger charge is 2.13. The van der Waals surface area contributed by atoms with E-state index in [1.807, 2.05) is 0 Å². The molecule has 0 saturated heterocycles. The molecular formula is C13H17F2NO2S. The Balaban J connectivity index is 2.27. The first-order valence-corrected chi connectivity index (χ1v) is 7.14. The number of rotatable bonds is 7. The zero-order valence-electron chi connectivity index (χ0n) is 10.7. The van der Waals surface area contributed by atoms with Crippen molar-refractivity contribution >= 4 is 17.7 Å². The van der Waals surface area contributed by atoms with Gasteiger partial charge in [0.1, 0.15) is 6.04 Å². The molecule has 19 heavy (non-hydrogen) atoms. The molecule has 0 aliphatic carbocycles. The van der Waals surface area contributed by atoms with Gasteiger partial charge in [0.2, 0.25) is 0 Å². The third kappa shape index (κ3) is 5.57. The molecule has 0 fully saturated rings. The standard InChI is InChI=1S/C13H17F2NO2S/c1-2-18-13(17)12(16)5-6-19-8-9-3-4-10(14)11(15)7-9/h3-4,7,12H,2,5-6,8,16H2,1H3. The number of ether oxygens (including phenoxy) is 1. The minimum absolute atomic E-state index is 0.314. The molecule has 0 heterocycles. The van der Waals surface area contributed by atoms with E-state index in [4.69, 9.17) is 10.5 Å². The van der Waals surface area contributed by atoms with Crippen LogP contribution in [0.2, 0.25) is 0 Å². The number of hydrogen-bond donors (Lipinski definition) is 1. The van der Waals surface area contributed by atoms with Crippen LogP contribution in [0, 0.1) is 11.6 Å². The summed E-state index contributed by atoms with van der Waals surface area (Å²) in [5.41, 5.74) is 6.33. The van der Waals surface area contributed by atoms with Crippen LogP contribution in [0.1, 0.15) is 18.9 Å². The maximum atomic E-state index is 12.9. The minimum atomic E-state index is -0.849. The number of thioether (sulfide) groups is 1. The Morgan fingerprint density at radius 3 is 2.79 bits per heavy atom. The number of halogens is 2. The fourth-order valence-electron chi connectivity index (χ4n) is 1.40. The van der Waals surface area contributed by atoms with E-state index in [1.165, 1.54) is 23.9 Å². The Kier molecular flexibility index (Phi) is 6.80. The van der Waals surface area contributed by atoms with Gasteiger partial charge in [-0.15, -0.1) is 0 Å². The molecule has 1 rings (SSSR count). The maximum Gasteiger partial charge on any atom is 0.322 e. The van der Waals surface area contributed by atoms with Crippen LogP contribution < -0.4 is 5.73 Å². The second-order valence-corrected chi connectivity index (χ2v) is 5.05. The highest BCUT2D eigenvalue weighted by atomic mass is 32.2. The van der Waals surface area contributed by atoms with E-state index in [9.17, 15) is 13.6 Å². The first kappa shape index (κ1) is 15.9. The highest BCUT2D eigenvalue weighted by molar-refractivity contribution is 7.98. The fraction of sp³-hybridized carbons (Fsp3) is 0.462. The number of carbonyl (C=O) groups is 1. The third-order valence-electron chi connectivity index (χ3n) is 2.42. The molecule has 6 heteroatoms. The molecule has 1 aromatic rings. The van der Waals surface area contributed by atoms with E-state index in [2.05, 4.69) is 0 Å². The van der Waals surface area contributed by atoms with Crippen LogP contribution in [0.25, 0.3) is 0 Å². The smallest absolute Gasteiger partial charge is 0.322 e. The van der Waals surface area contributed by atoms with E-state index in [1.54, 1.807) is 6.92 Å². The highest BCUT2D eigenvalue weighted by Crippen LogP contribution is 2.16. The predicted molar refractivity (Wildman–Crippen MR) is 71.7 cm³/mol. The van der Waals surface area contributed by atoms with E-state index in [0.717, 1.165) is 6.07 Å². The van der Waals surface area contributed by atoms with E-state index in [0.29, 0.717) is 30.1 Å². The molecule has 3 nitrogen and oxygen atoms in total. The number of benzene rings is 1. The van der Waals surface area contributed by atoms with Crippen molar-refractivity contribution in [3.8, 4) is 0 Å². The molecule has 0 radical (unpaired) electrons. The zero-order chi connectivity index (χ0) is 14.3. The maximum absolute atomic E-state index is 12.9. The minimum Gasteiger partial charge on any atom is -0.465 e. The average Bonchev–Trinajstić information content (AvgIpc) is 2.38. The summed E-state index contributed by atoms with van der Waals surface area (Å²) in [7, 11) is 0. The molecule has 0 aliphatic heterocycles. The summed E-state index contributed by atoms with van der Waals surface area (Å²) < 4.78 is 30.4. The monoisotopic (exact) mass is 289 g/mol. The van der Waals surface area contributed by atoms with Crippen molar-refractivity contribution in [2.45, 2.75) is 25.1 Å². The summed E-state index contributed by atoms with van der Waals surface area (Å²) in [6.07, 6.45) is 0.493. The van der Waals surface area contributed by atoms with Gasteiger partial charge in [0.15, 0.2) is 11.6 Å². The Bertz CT molecular complexity index is 429. The van der Waals surface area contributed by atoms with Gasteiger partial charge < -0.3 is 10.5 Å². The van der Waals surface area contributed by atoms with Gasteiger partial charge in [0.05, 0.1) is 6.61 Å². The van der Waals surface area contributed by atoms with Crippen LogP contribution in [-0.4, -0.2) is 24.4 Å². The summed E-state index contributed by atoms with van der Waals surface area (Å²) in [6, 6.07) is 3.19. The van der Waals surface area contributed by atoms with Crippen LogP contribution in [0.3, 0.4) is 0 Å². The first-order valence-electron chi connectivity index (χ1n) is 5.98. The summed E-state index contributed by atoms with van der Waals surface area (Å²) in [6.45, 7) is 2.04. The number of carbonyl (C=O) groups excluding carboxylic acids is 1. The van der Waals surface area contributed by atoms with Gasteiger partial charge in [0.25, 0.3) is 0 Å². The predicted octanol–water partition coefficient (Wildman–Crippen LogP) is 2.48. The van der Waals surface area contributed by atoms with Gasteiger partial charge in [-0.2, -0.15) is 11.8 Å². The molecule has 0 aromatic heterocycles. The van der Waals surface area contributed by atoms with Crippen LogP contribution in [-0.2, 0) is 15.3 Å². The fourth-order valence-corrected chi connectivity index (χ4v) is 2.38. The molecule has 0 bridgehead atoms. The van der Waals surface area contributed by atoms with Crippen LogP contribution in [0.15, 0.2) is 18.2 Å². The van der Waals surface area contributed by atoms with Crippen molar-refractivity contribution < 1.29 is 18.3 Å². The third-order valence-corrected chi connectivity index (χ3v) is 3.48. The molecule has 1 aromatic carbocycles. The molecule has 0 aliphatic rings. The summed E-state index contributed by atoms with van der Waals surface area (Å²) >= 11 is 1.51. The van der Waals surface area contributed by atoms with E-state index >= 15 is 0 Å². The Morgan fingerprint density at radius 1 is 1.42 bits per heavy atom. The Morgan fingerprint density at radius 2 is 2.16 bits per heavy atom. The Labute approximate surface area is 115 Å².